The van der Waals surface area contributed by atoms with E-state index in [-0.39, 0.29) is 5.91 Å². The molecule has 0 unspecified atom stereocenters. The molecular weight excluding hydrogens is 240 g/mol. The van der Waals surface area contributed by atoms with Gasteiger partial charge >= 0.3 is 0 Å². The SMILES string of the molecule is COCc1cccc(CNCC(=O)N(C)C2CC2)c1. The molecule has 0 atom stereocenters. The highest BCUT2D eigenvalue weighted by molar-refractivity contribution is 5.78. The van der Waals surface area contributed by atoms with Crippen molar-refractivity contribution < 1.29 is 9.53 Å². The summed E-state index contributed by atoms with van der Waals surface area (Å²) in [5, 5.41) is 3.20. The normalized spacial score (nSPS) is 14.4. The smallest absolute Gasteiger partial charge is 0.236 e. The molecule has 0 aromatic heterocycles. The quantitative estimate of drug-likeness (QED) is 0.810. The van der Waals surface area contributed by atoms with E-state index in [1.54, 1.807) is 7.11 Å². The molecule has 0 aliphatic heterocycles. The summed E-state index contributed by atoms with van der Waals surface area (Å²) < 4.78 is 5.11. The summed E-state index contributed by atoms with van der Waals surface area (Å²) in [6.45, 7) is 1.74. The van der Waals surface area contributed by atoms with Gasteiger partial charge < -0.3 is 15.0 Å². The summed E-state index contributed by atoms with van der Waals surface area (Å²) in [6.07, 6.45) is 2.31. The molecule has 0 radical (unpaired) electrons. The number of carbonyl (C=O) groups is 1. The third-order valence-corrected chi connectivity index (χ3v) is 3.40. The van der Waals surface area contributed by atoms with Crippen LogP contribution in [0.4, 0.5) is 0 Å². The van der Waals surface area contributed by atoms with Crippen molar-refractivity contribution in [1.29, 1.82) is 0 Å². The van der Waals surface area contributed by atoms with E-state index < -0.39 is 0 Å². The molecule has 0 bridgehead atoms. The molecule has 0 saturated heterocycles. The fraction of sp³-hybridized carbons (Fsp3) is 0.533. The topological polar surface area (TPSA) is 41.6 Å². The molecule has 104 valence electrons. The van der Waals surface area contributed by atoms with E-state index >= 15 is 0 Å². The van der Waals surface area contributed by atoms with Crippen molar-refractivity contribution in [2.45, 2.75) is 32.0 Å². The monoisotopic (exact) mass is 262 g/mol. The minimum absolute atomic E-state index is 0.176. The van der Waals surface area contributed by atoms with Crippen LogP contribution < -0.4 is 5.32 Å². The molecule has 0 heterocycles. The van der Waals surface area contributed by atoms with Crippen molar-refractivity contribution in [3.05, 3.63) is 35.4 Å². The maximum Gasteiger partial charge on any atom is 0.236 e. The molecule has 1 aliphatic rings. The Hall–Kier alpha value is -1.39. The van der Waals surface area contributed by atoms with Crippen LogP contribution in [0, 0.1) is 0 Å². The summed E-state index contributed by atoms with van der Waals surface area (Å²) in [7, 11) is 3.58. The maximum atomic E-state index is 11.8. The lowest BCUT2D eigenvalue weighted by Gasteiger charge is -2.16. The van der Waals surface area contributed by atoms with Crippen LogP contribution in [0.1, 0.15) is 24.0 Å². The van der Waals surface area contributed by atoms with Crippen LogP contribution in [-0.2, 0) is 22.7 Å². The molecular formula is C15H22N2O2. The average molecular weight is 262 g/mol. The van der Waals surface area contributed by atoms with Crippen molar-refractivity contribution in [3.63, 3.8) is 0 Å². The van der Waals surface area contributed by atoms with Gasteiger partial charge in [-0.3, -0.25) is 4.79 Å². The van der Waals surface area contributed by atoms with Gasteiger partial charge in [0.15, 0.2) is 0 Å². The van der Waals surface area contributed by atoms with E-state index in [2.05, 4.69) is 17.4 Å². The molecule has 1 fully saturated rings. The van der Waals surface area contributed by atoms with Crippen LogP contribution in [0.25, 0.3) is 0 Å². The molecule has 1 aliphatic carbocycles. The van der Waals surface area contributed by atoms with Crippen molar-refractivity contribution in [2.75, 3.05) is 20.7 Å². The van der Waals surface area contributed by atoms with Crippen molar-refractivity contribution in [1.82, 2.24) is 10.2 Å². The van der Waals surface area contributed by atoms with Gasteiger partial charge in [0, 0.05) is 26.7 Å². The standard InChI is InChI=1S/C15H22N2O2/c1-17(14-6-7-14)15(18)10-16-9-12-4-3-5-13(8-12)11-19-2/h3-5,8,14,16H,6-7,9-11H2,1-2H3. The van der Waals surface area contributed by atoms with Gasteiger partial charge in [-0.25, -0.2) is 0 Å². The van der Waals surface area contributed by atoms with Gasteiger partial charge in [0.2, 0.25) is 5.91 Å². The number of likely N-dealkylation sites (N-methyl/N-ethyl adjacent to an activating group) is 1. The molecule has 4 heteroatoms. The first-order chi connectivity index (χ1) is 9.20. The predicted octanol–water partition coefficient (Wildman–Crippen LogP) is 1.54. The van der Waals surface area contributed by atoms with Gasteiger partial charge in [-0.15, -0.1) is 0 Å². The van der Waals surface area contributed by atoms with Crippen molar-refractivity contribution in [2.24, 2.45) is 0 Å². The maximum absolute atomic E-state index is 11.8. The highest BCUT2D eigenvalue weighted by Crippen LogP contribution is 2.25. The lowest BCUT2D eigenvalue weighted by Crippen LogP contribution is -2.36. The summed E-state index contributed by atoms with van der Waals surface area (Å²) in [5.41, 5.74) is 2.33. The second-order valence-electron chi connectivity index (χ2n) is 5.09. The number of methoxy groups -OCH3 is 1. The molecule has 1 saturated carbocycles. The molecule has 1 N–H and O–H groups in total. The number of hydrogen-bond acceptors (Lipinski definition) is 3. The highest BCUT2D eigenvalue weighted by atomic mass is 16.5. The zero-order valence-electron chi connectivity index (χ0n) is 11.7. The second kappa shape index (κ2) is 6.68. The molecule has 1 aromatic rings. The minimum atomic E-state index is 0.176. The first kappa shape index (κ1) is 14.0. The predicted molar refractivity (Wildman–Crippen MR) is 74.7 cm³/mol. The largest absolute Gasteiger partial charge is 0.380 e. The fourth-order valence-electron chi connectivity index (χ4n) is 2.10. The Morgan fingerprint density at radius 2 is 2.16 bits per heavy atom. The molecule has 2 rings (SSSR count). The Morgan fingerprint density at radius 1 is 1.42 bits per heavy atom. The van der Waals surface area contributed by atoms with Crippen molar-refractivity contribution >= 4 is 5.91 Å². The van der Waals surface area contributed by atoms with Gasteiger partial charge in [-0.1, -0.05) is 24.3 Å². The van der Waals surface area contributed by atoms with Crippen LogP contribution in [0.3, 0.4) is 0 Å². The number of rotatable bonds is 7. The average Bonchev–Trinajstić information content (AvgIpc) is 3.23. The zero-order valence-corrected chi connectivity index (χ0v) is 11.7. The number of amides is 1. The van der Waals surface area contributed by atoms with Crippen LogP contribution in [-0.4, -0.2) is 37.6 Å². The van der Waals surface area contributed by atoms with Crippen LogP contribution in [0.5, 0.6) is 0 Å². The Balaban J connectivity index is 1.75. The summed E-state index contributed by atoms with van der Waals surface area (Å²) >= 11 is 0. The molecule has 1 aromatic carbocycles. The Bertz CT molecular complexity index is 430. The van der Waals surface area contributed by atoms with Gasteiger partial charge in [0.25, 0.3) is 0 Å². The Morgan fingerprint density at radius 3 is 2.84 bits per heavy atom. The first-order valence-electron chi connectivity index (χ1n) is 6.74. The van der Waals surface area contributed by atoms with E-state index in [4.69, 9.17) is 4.74 Å². The van der Waals surface area contributed by atoms with Crippen LogP contribution in [0.2, 0.25) is 0 Å². The number of carbonyl (C=O) groups excluding carboxylic acids is 1. The minimum Gasteiger partial charge on any atom is -0.380 e. The number of benzene rings is 1. The lowest BCUT2D eigenvalue weighted by atomic mass is 10.1. The second-order valence-corrected chi connectivity index (χ2v) is 5.09. The van der Waals surface area contributed by atoms with E-state index in [0.717, 1.165) is 18.4 Å². The first-order valence-corrected chi connectivity index (χ1v) is 6.74. The number of hydrogen-bond donors (Lipinski definition) is 1. The molecule has 0 spiro atoms. The Kier molecular flexibility index (Phi) is 4.93. The Labute approximate surface area is 114 Å². The number of nitrogens with one attached hydrogen (secondary N) is 1. The van der Waals surface area contributed by atoms with Crippen molar-refractivity contribution in [3.8, 4) is 0 Å². The third kappa shape index (κ3) is 4.33. The molecule has 1 amide bonds. The number of ether oxygens (including phenoxy) is 1. The number of nitrogens with zero attached hydrogens (tertiary/aromatic N) is 1. The van der Waals surface area contributed by atoms with E-state index in [1.165, 1.54) is 5.56 Å². The van der Waals surface area contributed by atoms with E-state index in [0.29, 0.717) is 25.7 Å². The van der Waals surface area contributed by atoms with E-state index in [9.17, 15) is 4.79 Å². The van der Waals surface area contributed by atoms with Gasteiger partial charge in [0.05, 0.1) is 13.2 Å². The van der Waals surface area contributed by atoms with Crippen LogP contribution >= 0.6 is 0 Å². The zero-order chi connectivity index (χ0) is 13.7. The van der Waals surface area contributed by atoms with Gasteiger partial charge in [0.1, 0.15) is 0 Å². The van der Waals surface area contributed by atoms with Gasteiger partial charge in [-0.2, -0.15) is 0 Å². The molecule has 4 nitrogen and oxygen atoms in total. The van der Waals surface area contributed by atoms with Crippen LogP contribution in [0.15, 0.2) is 24.3 Å². The summed E-state index contributed by atoms with van der Waals surface area (Å²) in [5.74, 6) is 0.176. The lowest BCUT2D eigenvalue weighted by molar-refractivity contribution is -0.129. The van der Waals surface area contributed by atoms with Gasteiger partial charge in [-0.05, 0) is 24.0 Å². The van der Waals surface area contributed by atoms with E-state index in [1.807, 2.05) is 24.1 Å². The highest BCUT2D eigenvalue weighted by Gasteiger charge is 2.28. The summed E-state index contributed by atoms with van der Waals surface area (Å²) in [6, 6.07) is 8.70. The fourth-order valence-corrected chi connectivity index (χ4v) is 2.10. The molecule has 19 heavy (non-hydrogen) atoms. The summed E-state index contributed by atoms with van der Waals surface area (Å²) in [4.78, 5) is 13.7. The third-order valence-electron chi connectivity index (χ3n) is 3.40.